The summed E-state index contributed by atoms with van der Waals surface area (Å²) in [6.45, 7) is 6.46. The van der Waals surface area contributed by atoms with Gasteiger partial charge in [-0.15, -0.1) is 0 Å². The van der Waals surface area contributed by atoms with E-state index in [1.54, 1.807) is 25.2 Å². The molecule has 0 radical (unpaired) electrons. The second-order valence-corrected chi connectivity index (χ2v) is 9.27. The predicted octanol–water partition coefficient (Wildman–Crippen LogP) is 3.48. The summed E-state index contributed by atoms with van der Waals surface area (Å²) < 4.78 is 27.6. The van der Waals surface area contributed by atoms with Crippen LogP contribution in [0.25, 0.3) is 0 Å². The van der Waals surface area contributed by atoms with Crippen molar-refractivity contribution in [3.05, 3.63) is 65.2 Å². The Labute approximate surface area is 161 Å². The molecule has 1 unspecified atom stereocenters. The van der Waals surface area contributed by atoms with Gasteiger partial charge >= 0.3 is 0 Å². The van der Waals surface area contributed by atoms with E-state index in [-0.39, 0.29) is 22.9 Å². The summed E-state index contributed by atoms with van der Waals surface area (Å²) in [5.41, 5.74) is 2.34. The fourth-order valence-electron chi connectivity index (χ4n) is 3.45. The van der Waals surface area contributed by atoms with Gasteiger partial charge in [0.1, 0.15) is 0 Å². The fraction of sp³-hybridized carbons (Fsp3) is 0.381. The third-order valence-corrected chi connectivity index (χ3v) is 7.24. The molecule has 6 heteroatoms. The molecule has 0 aromatic heterocycles. The third kappa shape index (κ3) is 3.64. The Balaban J connectivity index is 1.91. The molecule has 0 saturated heterocycles. The van der Waals surface area contributed by atoms with Crippen molar-refractivity contribution >= 4 is 15.9 Å². The van der Waals surface area contributed by atoms with Crippen molar-refractivity contribution < 1.29 is 13.2 Å². The van der Waals surface area contributed by atoms with Crippen LogP contribution in [-0.2, 0) is 16.4 Å². The van der Waals surface area contributed by atoms with Gasteiger partial charge in [-0.05, 0) is 56.5 Å². The monoisotopic (exact) mass is 386 g/mol. The van der Waals surface area contributed by atoms with Gasteiger partial charge in [-0.1, -0.05) is 30.3 Å². The van der Waals surface area contributed by atoms with Crippen LogP contribution in [0, 0.1) is 0 Å². The zero-order valence-electron chi connectivity index (χ0n) is 16.2. The number of fused-ring (bicyclic) bond motifs is 1. The van der Waals surface area contributed by atoms with Gasteiger partial charge in [-0.3, -0.25) is 4.79 Å². The molecule has 3 rings (SSSR count). The molecule has 5 nitrogen and oxygen atoms in total. The average Bonchev–Trinajstić information content (AvgIpc) is 2.67. The summed E-state index contributed by atoms with van der Waals surface area (Å²) in [6, 6.07) is 14.3. The average molecular weight is 387 g/mol. The molecule has 1 amide bonds. The quantitative estimate of drug-likeness (QED) is 0.791. The van der Waals surface area contributed by atoms with Crippen LogP contribution in [-0.4, -0.2) is 43.2 Å². The number of hydrogen-bond donors (Lipinski definition) is 0. The number of hydrogen-bond acceptors (Lipinski definition) is 3. The molecule has 0 spiro atoms. The van der Waals surface area contributed by atoms with Crippen molar-refractivity contribution in [3.8, 4) is 0 Å². The van der Waals surface area contributed by atoms with Crippen LogP contribution in [0.2, 0.25) is 0 Å². The van der Waals surface area contributed by atoms with E-state index in [9.17, 15) is 13.2 Å². The lowest BCUT2D eigenvalue weighted by Crippen LogP contribution is -2.42. The molecule has 144 valence electrons. The molecule has 0 fully saturated rings. The Morgan fingerprint density at radius 1 is 1.04 bits per heavy atom. The molecule has 1 aliphatic heterocycles. The maximum Gasteiger partial charge on any atom is 0.254 e. The summed E-state index contributed by atoms with van der Waals surface area (Å²) in [7, 11) is -2.06. The first-order chi connectivity index (χ1) is 12.7. The van der Waals surface area contributed by atoms with E-state index in [1.165, 1.54) is 4.31 Å². The van der Waals surface area contributed by atoms with Crippen molar-refractivity contribution in [1.82, 2.24) is 9.21 Å². The van der Waals surface area contributed by atoms with Gasteiger partial charge in [0.2, 0.25) is 10.0 Å². The number of nitrogens with zero attached hydrogens (tertiary/aromatic N) is 2. The lowest BCUT2D eigenvalue weighted by molar-refractivity contribution is 0.0688. The molecule has 1 atom stereocenters. The van der Waals surface area contributed by atoms with Crippen molar-refractivity contribution in [1.29, 1.82) is 0 Å². The number of sulfonamides is 1. The molecule has 2 aromatic carbocycles. The molecule has 27 heavy (non-hydrogen) atoms. The summed E-state index contributed by atoms with van der Waals surface area (Å²) in [5, 5.41) is 0. The first-order valence-corrected chi connectivity index (χ1v) is 10.6. The molecule has 2 aromatic rings. The summed E-state index contributed by atoms with van der Waals surface area (Å²) >= 11 is 0. The summed E-state index contributed by atoms with van der Waals surface area (Å²) in [4.78, 5) is 14.7. The van der Waals surface area contributed by atoms with E-state index in [0.717, 1.165) is 11.1 Å². The summed E-state index contributed by atoms with van der Waals surface area (Å²) in [6.07, 6.45) is 0.667. The minimum absolute atomic E-state index is 0.0267. The van der Waals surface area contributed by atoms with E-state index < -0.39 is 10.0 Å². The van der Waals surface area contributed by atoms with Crippen LogP contribution in [0.1, 0.15) is 48.3 Å². The number of benzene rings is 2. The third-order valence-electron chi connectivity index (χ3n) is 5.32. The second kappa shape index (κ2) is 7.44. The second-order valence-electron chi connectivity index (χ2n) is 7.27. The van der Waals surface area contributed by atoms with Gasteiger partial charge in [0, 0.05) is 31.2 Å². The molecular formula is C21H26N2O3S. The van der Waals surface area contributed by atoms with Gasteiger partial charge < -0.3 is 4.90 Å². The van der Waals surface area contributed by atoms with Gasteiger partial charge in [0.25, 0.3) is 5.91 Å². The predicted molar refractivity (Wildman–Crippen MR) is 106 cm³/mol. The normalized spacial score (nSPS) is 15.9. The van der Waals surface area contributed by atoms with Crippen molar-refractivity contribution in [2.75, 3.05) is 13.6 Å². The highest BCUT2D eigenvalue weighted by atomic mass is 32.2. The molecule has 0 N–H and O–H groups in total. The number of rotatable bonds is 5. The standard InChI is InChI=1S/C21H26N2O3S/c1-15(2)23-13-12-18-14-19(10-11-20(18)21(23)24)27(25,26)22(4)16(3)17-8-6-5-7-9-17/h5-11,14-16H,12-13H2,1-4H3. The number of carbonyl (C=O) groups excluding carboxylic acids is 1. The zero-order valence-corrected chi connectivity index (χ0v) is 17.0. The molecule has 1 heterocycles. The number of carbonyl (C=O) groups is 1. The van der Waals surface area contributed by atoms with Gasteiger partial charge in [0.05, 0.1) is 4.90 Å². The Morgan fingerprint density at radius 2 is 1.70 bits per heavy atom. The Kier molecular flexibility index (Phi) is 5.40. The topological polar surface area (TPSA) is 57.7 Å². The Hall–Kier alpha value is -2.18. The van der Waals surface area contributed by atoms with Gasteiger partial charge in [0.15, 0.2) is 0 Å². The molecule has 0 saturated carbocycles. The minimum atomic E-state index is -3.66. The largest absolute Gasteiger partial charge is 0.336 e. The van der Waals surface area contributed by atoms with Crippen LogP contribution in [0.5, 0.6) is 0 Å². The van der Waals surface area contributed by atoms with E-state index in [2.05, 4.69) is 0 Å². The van der Waals surface area contributed by atoms with Crippen LogP contribution in [0.15, 0.2) is 53.4 Å². The number of amides is 1. The van der Waals surface area contributed by atoms with E-state index in [1.807, 2.05) is 56.0 Å². The SMILES string of the molecule is CC(C)N1CCc2cc(S(=O)(=O)N(C)C(C)c3ccccc3)ccc2C1=O. The lowest BCUT2D eigenvalue weighted by Gasteiger charge is -2.32. The van der Waals surface area contributed by atoms with Gasteiger partial charge in [-0.2, -0.15) is 4.31 Å². The van der Waals surface area contributed by atoms with Crippen molar-refractivity contribution in [3.63, 3.8) is 0 Å². The van der Waals surface area contributed by atoms with E-state index >= 15 is 0 Å². The molecule has 0 aliphatic carbocycles. The maximum atomic E-state index is 13.1. The van der Waals surface area contributed by atoms with Crippen LogP contribution in [0.3, 0.4) is 0 Å². The van der Waals surface area contributed by atoms with Crippen molar-refractivity contribution in [2.45, 2.75) is 44.2 Å². The smallest absolute Gasteiger partial charge is 0.254 e. The zero-order chi connectivity index (χ0) is 19.8. The highest BCUT2D eigenvalue weighted by Gasteiger charge is 2.30. The summed E-state index contributed by atoms with van der Waals surface area (Å²) in [5.74, 6) is -0.0267. The first-order valence-electron chi connectivity index (χ1n) is 9.20. The first kappa shape index (κ1) is 19.6. The van der Waals surface area contributed by atoms with E-state index in [0.29, 0.717) is 18.5 Å². The molecule has 1 aliphatic rings. The van der Waals surface area contributed by atoms with E-state index in [4.69, 9.17) is 0 Å². The Bertz CT molecular complexity index is 939. The minimum Gasteiger partial charge on any atom is -0.336 e. The van der Waals surface area contributed by atoms with Gasteiger partial charge in [-0.25, -0.2) is 8.42 Å². The molecular weight excluding hydrogens is 360 g/mol. The highest BCUT2D eigenvalue weighted by Crippen LogP contribution is 2.29. The maximum absolute atomic E-state index is 13.1. The van der Waals surface area contributed by atoms with Crippen LogP contribution in [0.4, 0.5) is 0 Å². The Morgan fingerprint density at radius 3 is 2.33 bits per heavy atom. The molecule has 0 bridgehead atoms. The lowest BCUT2D eigenvalue weighted by atomic mass is 9.98. The highest BCUT2D eigenvalue weighted by molar-refractivity contribution is 7.89. The van der Waals surface area contributed by atoms with Crippen LogP contribution < -0.4 is 0 Å². The fourth-order valence-corrected chi connectivity index (χ4v) is 4.85. The van der Waals surface area contributed by atoms with Crippen molar-refractivity contribution in [2.24, 2.45) is 0 Å². The van der Waals surface area contributed by atoms with Crippen LogP contribution >= 0.6 is 0 Å².